The van der Waals surface area contributed by atoms with Crippen molar-refractivity contribution in [2.24, 2.45) is 0 Å². The third-order valence-corrected chi connectivity index (χ3v) is 1.96. The van der Waals surface area contributed by atoms with Crippen LogP contribution in [0.3, 0.4) is 0 Å². The quantitative estimate of drug-likeness (QED) is 0.775. The summed E-state index contributed by atoms with van der Waals surface area (Å²) in [7, 11) is 0. The molecule has 1 aromatic rings. The van der Waals surface area contributed by atoms with E-state index in [1.165, 1.54) is 4.90 Å². The fraction of sp³-hybridized carbons (Fsp3) is 0.500. The maximum absolute atomic E-state index is 12.5. The predicted molar refractivity (Wildman–Crippen MR) is 54.0 cm³/mol. The Bertz CT molecular complexity index is 294. The van der Waals surface area contributed by atoms with Gasteiger partial charge in [0.05, 0.1) is 18.9 Å². The van der Waals surface area contributed by atoms with E-state index in [0.717, 1.165) is 12.4 Å². The normalized spacial score (nSPS) is 10.7. The molecular weight excluding hydrogens is 275 g/mol. The summed E-state index contributed by atoms with van der Waals surface area (Å²) in [6, 6.07) is 0. The lowest BCUT2D eigenvalue weighted by atomic mass is 10.5. The van der Waals surface area contributed by atoms with E-state index >= 15 is 0 Å². The summed E-state index contributed by atoms with van der Waals surface area (Å²) in [6.45, 7) is -0.118. The Balaban J connectivity index is 2.74. The summed E-state index contributed by atoms with van der Waals surface area (Å²) >= 11 is 3.14. The molecule has 0 amide bonds. The number of hydrogen-bond donors (Lipinski definition) is 0. The highest BCUT2D eigenvalue weighted by atomic mass is 79.9. The van der Waals surface area contributed by atoms with Gasteiger partial charge in [-0.05, 0) is 0 Å². The molecule has 0 fully saturated rings. The molecule has 1 rings (SSSR count). The molecule has 0 radical (unpaired) electrons. The average molecular weight is 284 g/mol. The van der Waals surface area contributed by atoms with Crippen molar-refractivity contribution in [1.82, 2.24) is 9.97 Å². The molecule has 7 heteroatoms. The second-order valence-electron chi connectivity index (χ2n) is 2.73. The van der Waals surface area contributed by atoms with Crippen molar-refractivity contribution in [2.45, 2.75) is 6.43 Å². The first-order valence-electron chi connectivity index (χ1n) is 4.20. The van der Waals surface area contributed by atoms with Crippen LogP contribution in [-0.2, 0) is 0 Å². The highest BCUT2D eigenvalue weighted by molar-refractivity contribution is 9.09. The first kappa shape index (κ1) is 12.2. The van der Waals surface area contributed by atoms with Gasteiger partial charge in [0.2, 0.25) is 5.95 Å². The number of alkyl halides is 3. The lowest BCUT2D eigenvalue weighted by Crippen LogP contribution is -2.32. The van der Waals surface area contributed by atoms with Crippen LogP contribution in [0.4, 0.5) is 19.1 Å². The van der Waals surface area contributed by atoms with E-state index in [1.54, 1.807) is 0 Å². The van der Waals surface area contributed by atoms with E-state index in [1.807, 2.05) is 0 Å². The SMILES string of the molecule is Fc1cnc(N(CCBr)CC(F)F)nc1. The average Bonchev–Trinajstić information content (AvgIpc) is 2.17. The highest BCUT2D eigenvalue weighted by Gasteiger charge is 2.14. The molecule has 0 bridgehead atoms. The fourth-order valence-corrected chi connectivity index (χ4v) is 1.44. The molecule has 0 aliphatic rings. The summed E-state index contributed by atoms with van der Waals surface area (Å²) in [5.74, 6) is -0.481. The fourth-order valence-electron chi connectivity index (χ4n) is 1.01. The Hall–Kier alpha value is -0.850. The van der Waals surface area contributed by atoms with Gasteiger partial charge in [0.15, 0.2) is 5.82 Å². The van der Waals surface area contributed by atoms with Gasteiger partial charge in [-0.3, -0.25) is 0 Å². The Morgan fingerprint density at radius 1 is 1.33 bits per heavy atom. The molecule has 0 spiro atoms. The molecule has 15 heavy (non-hydrogen) atoms. The van der Waals surface area contributed by atoms with Crippen molar-refractivity contribution in [2.75, 3.05) is 23.3 Å². The first-order chi connectivity index (χ1) is 7.13. The van der Waals surface area contributed by atoms with Gasteiger partial charge in [0.1, 0.15) is 0 Å². The standard InChI is InChI=1S/C8H9BrF3N3/c9-1-2-15(5-7(11)12)8-13-3-6(10)4-14-8/h3-4,7H,1-2,5H2. The molecule has 0 N–H and O–H groups in total. The highest BCUT2D eigenvalue weighted by Crippen LogP contribution is 2.09. The number of hydrogen-bond acceptors (Lipinski definition) is 3. The third kappa shape index (κ3) is 4.03. The van der Waals surface area contributed by atoms with Gasteiger partial charge in [-0.1, -0.05) is 15.9 Å². The molecule has 0 unspecified atom stereocenters. The van der Waals surface area contributed by atoms with Gasteiger partial charge in [0.25, 0.3) is 6.43 Å². The van der Waals surface area contributed by atoms with Crippen molar-refractivity contribution in [1.29, 1.82) is 0 Å². The van der Waals surface area contributed by atoms with Crippen molar-refractivity contribution in [3.05, 3.63) is 18.2 Å². The van der Waals surface area contributed by atoms with E-state index in [-0.39, 0.29) is 5.95 Å². The van der Waals surface area contributed by atoms with Gasteiger partial charge in [-0.2, -0.15) is 0 Å². The van der Waals surface area contributed by atoms with Gasteiger partial charge in [-0.15, -0.1) is 0 Å². The smallest absolute Gasteiger partial charge is 0.255 e. The van der Waals surface area contributed by atoms with Crippen LogP contribution in [0, 0.1) is 5.82 Å². The number of anilines is 1. The third-order valence-electron chi connectivity index (χ3n) is 1.60. The van der Waals surface area contributed by atoms with Crippen molar-refractivity contribution in [3.8, 4) is 0 Å². The molecule has 0 saturated heterocycles. The second-order valence-corrected chi connectivity index (χ2v) is 3.52. The number of halogens is 4. The zero-order valence-electron chi connectivity index (χ0n) is 7.71. The van der Waals surface area contributed by atoms with Crippen LogP contribution in [0.15, 0.2) is 12.4 Å². The molecule has 0 aliphatic heterocycles. The molecular formula is C8H9BrF3N3. The molecule has 0 saturated carbocycles. The lowest BCUT2D eigenvalue weighted by molar-refractivity contribution is 0.154. The molecule has 84 valence electrons. The van der Waals surface area contributed by atoms with E-state index in [2.05, 4.69) is 25.9 Å². The Kier molecular flexibility index (Phi) is 4.80. The van der Waals surface area contributed by atoms with Crippen molar-refractivity contribution < 1.29 is 13.2 Å². The number of aromatic nitrogens is 2. The van der Waals surface area contributed by atoms with Gasteiger partial charge < -0.3 is 4.90 Å². The minimum atomic E-state index is -2.47. The maximum Gasteiger partial charge on any atom is 0.255 e. The Labute approximate surface area is 93.5 Å². The minimum Gasteiger partial charge on any atom is -0.334 e. The van der Waals surface area contributed by atoms with Gasteiger partial charge in [-0.25, -0.2) is 23.1 Å². The lowest BCUT2D eigenvalue weighted by Gasteiger charge is -2.20. The molecule has 1 heterocycles. The minimum absolute atomic E-state index is 0.108. The molecule has 1 aromatic heterocycles. The topological polar surface area (TPSA) is 29.0 Å². The summed E-state index contributed by atoms with van der Waals surface area (Å²) in [5, 5.41) is 0.514. The largest absolute Gasteiger partial charge is 0.334 e. The molecule has 3 nitrogen and oxygen atoms in total. The molecule has 0 atom stereocenters. The Morgan fingerprint density at radius 2 is 1.93 bits per heavy atom. The van der Waals surface area contributed by atoms with Crippen LogP contribution in [0.1, 0.15) is 0 Å². The van der Waals surface area contributed by atoms with Crippen LogP contribution in [-0.4, -0.2) is 34.8 Å². The molecule has 0 aromatic carbocycles. The van der Waals surface area contributed by atoms with E-state index in [9.17, 15) is 13.2 Å². The van der Waals surface area contributed by atoms with Crippen molar-refractivity contribution >= 4 is 21.9 Å². The van der Waals surface area contributed by atoms with Crippen LogP contribution in [0.25, 0.3) is 0 Å². The van der Waals surface area contributed by atoms with Gasteiger partial charge >= 0.3 is 0 Å². The van der Waals surface area contributed by atoms with Crippen LogP contribution >= 0.6 is 15.9 Å². The Morgan fingerprint density at radius 3 is 2.40 bits per heavy atom. The van der Waals surface area contributed by atoms with Crippen LogP contribution < -0.4 is 4.90 Å². The monoisotopic (exact) mass is 283 g/mol. The second kappa shape index (κ2) is 5.89. The van der Waals surface area contributed by atoms with E-state index < -0.39 is 18.8 Å². The zero-order chi connectivity index (χ0) is 11.3. The van der Waals surface area contributed by atoms with Crippen LogP contribution in [0.5, 0.6) is 0 Å². The summed E-state index contributed by atoms with van der Waals surface area (Å²) in [5.41, 5.74) is 0. The number of rotatable bonds is 5. The molecule has 0 aliphatic carbocycles. The first-order valence-corrected chi connectivity index (χ1v) is 5.32. The van der Waals surface area contributed by atoms with Crippen LogP contribution in [0.2, 0.25) is 0 Å². The number of nitrogens with zero attached hydrogens (tertiary/aromatic N) is 3. The summed E-state index contributed by atoms with van der Waals surface area (Å²) < 4.78 is 36.9. The van der Waals surface area contributed by atoms with Gasteiger partial charge in [0, 0.05) is 11.9 Å². The van der Waals surface area contributed by atoms with E-state index in [4.69, 9.17) is 0 Å². The predicted octanol–water partition coefficient (Wildman–Crippen LogP) is 2.08. The summed E-state index contributed by atoms with van der Waals surface area (Å²) in [6.07, 6.45) is -0.568. The maximum atomic E-state index is 12.5. The van der Waals surface area contributed by atoms with Crippen molar-refractivity contribution in [3.63, 3.8) is 0 Å². The van der Waals surface area contributed by atoms with E-state index in [0.29, 0.717) is 11.9 Å². The zero-order valence-corrected chi connectivity index (χ0v) is 9.29. The summed E-state index contributed by atoms with van der Waals surface area (Å²) in [4.78, 5) is 8.56.